The normalized spacial score (nSPS) is 12.4. The molecule has 2 rings (SSSR count). The molecule has 22 nitrogen and oxygen atoms in total. The predicted octanol–water partition coefficient (Wildman–Crippen LogP) is 6.56. The first-order valence-electron chi connectivity index (χ1n) is 29.9. The van der Waals surface area contributed by atoms with Crippen molar-refractivity contribution in [2.45, 2.75) is 175 Å². The van der Waals surface area contributed by atoms with Gasteiger partial charge in [-0.05, 0) is 115 Å². The van der Waals surface area contributed by atoms with Crippen LogP contribution in [0.1, 0.15) is 172 Å². The molecule has 0 saturated heterocycles. The number of amides is 3. The second kappa shape index (κ2) is 45.1. The van der Waals surface area contributed by atoms with Crippen molar-refractivity contribution in [3.8, 4) is 5.75 Å². The number of hydrogen-bond acceptors (Lipinski definition) is 17. The molecule has 0 aliphatic carbocycles. The number of carboxylic acids is 2. The molecule has 84 heavy (non-hydrogen) atoms. The molecule has 1 aromatic heterocycles. The first-order chi connectivity index (χ1) is 40.3. The highest BCUT2D eigenvalue weighted by atomic mass is 16.5. The second-order valence-electron chi connectivity index (χ2n) is 21.4. The average Bonchev–Trinajstić information content (AvgIpc) is 3.66. The molecule has 6 N–H and O–H groups in total. The van der Waals surface area contributed by atoms with E-state index in [1.54, 1.807) is 38.2 Å². The van der Waals surface area contributed by atoms with E-state index in [0.29, 0.717) is 76.7 Å². The Kier molecular flexibility index (Phi) is 39.6. The first-order valence-corrected chi connectivity index (χ1v) is 29.9. The van der Waals surface area contributed by atoms with Crippen molar-refractivity contribution < 1.29 is 81.8 Å². The lowest BCUT2D eigenvalue weighted by atomic mass is 9.81. The number of pyridine rings is 1. The van der Waals surface area contributed by atoms with Gasteiger partial charge in [-0.2, -0.15) is 0 Å². The first kappa shape index (κ1) is 73.8. The van der Waals surface area contributed by atoms with E-state index >= 15 is 0 Å². The summed E-state index contributed by atoms with van der Waals surface area (Å²) >= 11 is 0. The number of aliphatic carboxylic acids is 1. The third-order valence-electron chi connectivity index (χ3n) is 14.1. The maximum atomic E-state index is 13.3. The molecule has 0 unspecified atom stereocenters. The van der Waals surface area contributed by atoms with Crippen LogP contribution >= 0.6 is 0 Å². The number of benzene rings is 1. The lowest BCUT2D eigenvalue weighted by molar-refractivity contribution is -0.142. The molecule has 0 fully saturated rings. The second-order valence-corrected chi connectivity index (χ2v) is 21.4. The summed E-state index contributed by atoms with van der Waals surface area (Å²) in [5, 5.41) is 29.6. The molecule has 0 saturated carbocycles. The Labute approximate surface area is 495 Å². The molecular formula is C62H95N5O17. The van der Waals surface area contributed by atoms with Crippen LogP contribution in [0.25, 0.3) is 0 Å². The minimum Gasteiger partial charge on any atom is -0.494 e. The van der Waals surface area contributed by atoms with Gasteiger partial charge >= 0.3 is 11.9 Å². The number of ether oxygens (including phenoxy) is 5. The van der Waals surface area contributed by atoms with Crippen LogP contribution < -0.4 is 26.0 Å². The number of carbonyl (C=O) groups is 10. The van der Waals surface area contributed by atoms with Crippen molar-refractivity contribution in [3.05, 3.63) is 59.9 Å². The van der Waals surface area contributed by atoms with Crippen molar-refractivity contribution in [2.75, 3.05) is 79.1 Å². The standard InChI is InChI=1S/C62H95N5O17/c1-5-18-52(66-43-56(72)62(3,4)55(71)32-26-49-20-13-15-33-63-49)54(70)31-25-47(46(2)68)19-12-14-34-64-58(74)44-83-42-40-81-38-35-65-59(75)45-82-41-39-80-36-17-21-50(69)27-30-53(61(78)79)67-57(73)22-11-9-7-6-8-10-16-37-84-51-28-23-48(24-29-51)60(76)77/h13,15,20,23-24,28-29,33,47,52-53,66H,5-12,14,16-19,21-22,25-27,30-32,34-45H2,1-4H3,(H,64,74)(H,65,75)(H,67,73)(H,76,77)(H,78,79)/t47-,52+,53+/m1/s1. The number of hydrogen-bond donors (Lipinski definition) is 6. The minimum absolute atomic E-state index is 0.00338. The van der Waals surface area contributed by atoms with E-state index < -0.39 is 29.4 Å². The topological polar surface area (TPSA) is 318 Å². The molecule has 0 bridgehead atoms. The third-order valence-corrected chi connectivity index (χ3v) is 14.1. The lowest BCUT2D eigenvalue weighted by Gasteiger charge is -2.24. The van der Waals surface area contributed by atoms with Crippen LogP contribution in [0.15, 0.2) is 48.7 Å². The van der Waals surface area contributed by atoms with Crippen LogP contribution in [0.2, 0.25) is 0 Å². The van der Waals surface area contributed by atoms with Gasteiger partial charge in [-0.15, -0.1) is 0 Å². The number of carboxylic acid groups (broad SMARTS) is 2. The molecule has 1 heterocycles. The van der Waals surface area contributed by atoms with Gasteiger partial charge < -0.3 is 55.2 Å². The van der Waals surface area contributed by atoms with E-state index in [-0.39, 0.29) is 163 Å². The Morgan fingerprint density at radius 2 is 1.21 bits per heavy atom. The van der Waals surface area contributed by atoms with Gasteiger partial charge in [0.2, 0.25) is 17.7 Å². The summed E-state index contributed by atoms with van der Waals surface area (Å²) in [6.45, 7) is 8.66. The third kappa shape index (κ3) is 35.1. The zero-order valence-electron chi connectivity index (χ0n) is 50.2. The molecule has 3 amide bonds. The Hall–Kier alpha value is -6.33. The number of aromatic nitrogens is 1. The van der Waals surface area contributed by atoms with Crippen molar-refractivity contribution in [3.63, 3.8) is 0 Å². The Balaban J connectivity index is 1.41. The minimum atomic E-state index is -1.21. The van der Waals surface area contributed by atoms with E-state index in [9.17, 15) is 53.1 Å². The highest BCUT2D eigenvalue weighted by molar-refractivity contribution is 6.07. The van der Waals surface area contributed by atoms with Gasteiger partial charge in [0.1, 0.15) is 48.1 Å². The molecule has 1 aromatic carbocycles. The van der Waals surface area contributed by atoms with Crippen molar-refractivity contribution in [1.82, 2.24) is 26.3 Å². The molecule has 470 valence electrons. The number of aromatic carboxylic acids is 1. The van der Waals surface area contributed by atoms with Gasteiger partial charge in [-0.25, -0.2) is 9.59 Å². The fourth-order valence-electron chi connectivity index (χ4n) is 8.76. The van der Waals surface area contributed by atoms with Gasteiger partial charge in [0.15, 0.2) is 5.78 Å². The quantitative estimate of drug-likeness (QED) is 0.0302. The SMILES string of the molecule is CCC[C@H](NCC(=O)C(C)(C)C(=O)CCc1ccccn1)C(=O)CC[C@@H](CCCCNC(=O)COCCOCCNC(=O)COCCOCCCC(=O)CC[C@H](NC(=O)CCCCCCCCCOc1ccc(C(=O)O)cc1)C(=O)O)C(C)=O. The Morgan fingerprint density at radius 1 is 0.571 bits per heavy atom. The van der Waals surface area contributed by atoms with Crippen LogP contribution in [0, 0.1) is 11.3 Å². The van der Waals surface area contributed by atoms with Gasteiger partial charge in [-0.1, -0.05) is 57.9 Å². The van der Waals surface area contributed by atoms with Crippen molar-refractivity contribution in [1.29, 1.82) is 0 Å². The number of nitrogens with one attached hydrogen (secondary N) is 4. The number of unbranched alkanes of at least 4 members (excludes halogenated alkanes) is 7. The average molecular weight is 1180 g/mol. The number of nitrogens with zero attached hydrogens (tertiary/aromatic N) is 1. The fourth-order valence-corrected chi connectivity index (χ4v) is 8.76. The number of ketones is 5. The molecule has 0 aliphatic rings. The predicted molar refractivity (Wildman–Crippen MR) is 313 cm³/mol. The highest BCUT2D eigenvalue weighted by Gasteiger charge is 2.35. The maximum absolute atomic E-state index is 13.3. The smallest absolute Gasteiger partial charge is 0.335 e. The molecular weight excluding hydrogens is 1090 g/mol. The molecule has 3 atom stereocenters. The zero-order valence-corrected chi connectivity index (χ0v) is 50.2. The number of aryl methyl sites for hydroxylation is 1. The van der Waals surface area contributed by atoms with Crippen molar-refractivity contribution >= 4 is 58.6 Å². The monoisotopic (exact) mass is 1180 g/mol. The molecule has 0 radical (unpaired) electrons. The van der Waals surface area contributed by atoms with E-state index in [2.05, 4.69) is 26.3 Å². The van der Waals surface area contributed by atoms with E-state index in [1.165, 1.54) is 19.1 Å². The Morgan fingerprint density at radius 3 is 1.85 bits per heavy atom. The van der Waals surface area contributed by atoms with Gasteiger partial charge in [0.25, 0.3) is 0 Å². The molecule has 0 aliphatic heterocycles. The number of Topliss-reactive ketones (excluding diaryl/α,β-unsaturated/α-hetero) is 5. The van der Waals surface area contributed by atoms with E-state index in [1.807, 2.05) is 19.1 Å². The van der Waals surface area contributed by atoms with Crippen LogP contribution in [-0.4, -0.2) is 165 Å². The summed E-state index contributed by atoms with van der Waals surface area (Å²) in [7, 11) is 0. The molecule has 2 aromatic rings. The van der Waals surface area contributed by atoms with E-state index in [4.69, 9.17) is 28.8 Å². The summed E-state index contributed by atoms with van der Waals surface area (Å²) in [4.78, 5) is 128. The van der Waals surface area contributed by atoms with Gasteiger partial charge in [-0.3, -0.25) is 43.3 Å². The summed E-state index contributed by atoms with van der Waals surface area (Å²) in [5.41, 5.74) is -0.227. The largest absolute Gasteiger partial charge is 0.494 e. The van der Waals surface area contributed by atoms with Crippen LogP contribution in [0.3, 0.4) is 0 Å². The fraction of sp³-hybridized carbons (Fsp3) is 0.661. The van der Waals surface area contributed by atoms with Crippen LogP contribution in [-0.2, 0) is 68.5 Å². The summed E-state index contributed by atoms with van der Waals surface area (Å²) in [5.74, 6) is -3.53. The van der Waals surface area contributed by atoms with E-state index in [0.717, 1.165) is 44.2 Å². The molecule has 0 spiro atoms. The summed E-state index contributed by atoms with van der Waals surface area (Å²) in [6.07, 6.45) is 13.1. The van der Waals surface area contributed by atoms with Gasteiger partial charge in [0.05, 0.1) is 63.2 Å². The van der Waals surface area contributed by atoms with Gasteiger partial charge in [0, 0.05) is 69.6 Å². The summed E-state index contributed by atoms with van der Waals surface area (Å²) in [6, 6.07) is 10.1. The molecule has 22 heteroatoms. The van der Waals surface area contributed by atoms with Crippen LogP contribution in [0.5, 0.6) is 5.75 Å². The number of carbonyl (C=O) groups excluding carboxylic acids is 8. The Bertz CT molecular complexity index is 2280. The lowest BCUT2D eigenvalue weighted by Crippen LogP contribution is -2.45. The maximum Gasteiger partial charge on any atom is 0.335 e. The van der Waals surface area contributed by atoms with Crippen LogP contribution in [0.4, 0.5) is 0 Å². The summed E-state index contributed by atoms with van der Waals surface area (Å²) < 4.78 is 27.3. The zero-order chi connectivity index (χ0) is 61.8. The highest BCUT2D eigenvalue weighted by Crippen LogP contribution is 2.22. The number of rotatable bonds is 54. The van der Waals surface area contributed by atoms with Crippen molar-refractivity contribution in [2.24, 2.45) is 11.3 Å².